The standard InChI is InChI=1S/C40H42N8O8/c1-5-10-26(46-39(51)53-3)37(49)41-18-8-7-13-35-42-22-28(44-35)24-14-16-31-33(20-24)55-32-17-15-25(21-34(32)56-31)29-23-43-36(45-29)30-12-9-19-48(30)38(50)27(11-6-2)47-40(52)54-4/h1-2,14-17,20-23,26-27,30H,7-13,18-19H2,3-4H3,(H,41,49)(H,42,44)(H,43,45)(H,46,51)(H,47,52). The number of benzene rings is 2. The van der Waals surface area contributed by atoms with Crippen molar-refractivity contribution in [2.75, 3.05) is 27.3 Å². The summed E-state index contributed by atoms with van der Waals surface area (Å²) in [6.45, 7) is 0.924. The number of aromatic amines is 2. The summed E-state index contributed by atoms with van der Waals surface area (Å²) in [4.78, 5) is 66.7. The van der Waals surface area contributed by atoms with Crippen LogP contribution in [0.3, 0.4) is 0 Å². The van der Waals surface area contributed by atoms with Crippen molar-refractivity contribution >= 4 is 24.0 Å². The highest BCUT2D eigenvalue weighted by Gasteiger charge is 2.36. The molecule has 2 aliphatic heterocycles. The fourth-order valence-corrected chi connectivity index (χ4v) is 6.52. The Kier molecular flexibility index (Phi) is 12.4. The predicted molar refractivity (Wildman–Crippen MR) is 203 cm³/mol. The van der Waals surface area contributed by atoms with Crippen LogP contribution < -0.4 is 25.4 Å². The molecule has 16 heteroatoms. The maximum absolute atomic E-state index is 13.4. The molecule has 1 saturated heterocycles. The topological polar surface area (TPSA) is 202 Å². The third-order valence-corrected chi connectivity index (χ3v) is 9.38. The van der Waals surface area contributed by atoms with E-state index in [-0.39, 0.29) is 30.7 Å². The molecule has 56 heavy (non-hydrogen) atoms. The summed E-state index contributed by atoms with van der Waals surface area (Å²) < 4.78 is 21.7. The van der Waals surface area contributed by atoms with Crippen LogP contribution >= 0.6 is 0 Å². The Morgan fingerprint density at radius 1 is 0.857 bits per heavy atom. The Balaban J connectivity index is 1.04. The zero-order chi connectivity index (χ0) is 39.6. The van der Waals surface area contributed by atoms with Gasteiger partial charge < -0.3 is 49.8 Å². The van der Waals surface area contributed by atoms with Gasteiger partial charge in [-0.1, -0.05) is 0 Å². The number of nitrogens with one attached hydrogen (secondary N) is 5. The number of aryl methyl sites for hydroxylation is 1. The lowest BCUT2D eigenvalue weighted by molar-refractivity contribution is -0.134. The highest BCUT2D eigenvalue weighted by atomic mass is 16.6. The van der Waals surface area contributed by atoms with Crippen molar-refractivity contribution in [1.82, 2.24) is 40.8 Å². The highest BCUT2D eigenvalue weighted by Crippen LogP contribution is 2.47. The number of carbonyl (C=O) groups excluding carboxylic acids is 4. The first-order valence-electron chi connectivity index (χ1n) is 18.1. The summed E-state index contributed by atoms with van der Waals surface area (Å²) in [6.07, 6.45) is 16.5. The number of unbranched alkanes of at least 4 members (excludes halogenated alkanes) is 1. The third kappa shape index (κ3) is 9.05. The van der Waals surface area contributed by atoms with Gasteiger partial charge in [-0.2, -0.15) is 0 Å². The number of carbonyl (C=O) groups is 4. The van der Waals surface area contributed by atoms with Gasteiger partial charge in [0.1, 0.15) is 23.7 Å². The van der Waals surface area contributed by atoms with Gasteiger partial charge in [-0.25, -0.2) is 19.6 Å². The molecule has 4 aromatic rings. The minimum Gasteiger partial charge on any atom is -0.453 e. The Bertz CT molecular complexity index is 2160. The minimum absolute atomic E-state index is 0.0366. The van der Waals surface area contributed by atoms with Crippen LogP contribution in [0.15, 0.2) is 48.8 Å². The molecule has 0 radical (unpaired) electrons. The lowest BCUT2D eigenvalue weighted by Gasteiger charge is -2.27. The van der Waals surface area contributed by atoms with E-state index in [0.717, 1.165) is 41.2 Å². The second kappa shape index (κ2) is 17.9. The molecule has 5 N–H and O–H groups in total. The van der Waals surface area contributed by atoms with E-state index in [9.17, 15) is 19.2 Å². The van der Waals surface area contributed by atoms with E-state index in [1.54, 1.807) is 17.3 Å². The summed E-state index contributed by atoms with van der Waals surface area (Å²) in [7, 11) is 2.45. The van der Waals surface area contributed by atoms with E-state index < -0.39 is 24.3 Å². The maximum atomic E-state index is 13.4. The van der Waals surface area contributed by atoms with Crippen molar-refractivity contribution in [3.63, 3.8) is 0 Å². The number of aromatic nitrogens is 4. The van der Waals surface area contributed by atoms with Crippen molar-refractivity contribution < 1.29 is 38.1 Å². The number of methoxy groups -OCH3 is 2. The van der Waals surface area contributed by atoms with Crippen molar-refractivity contribution in [3.8, 4) is 70.2 Å². The number of nitrogens with zero attached hydrogens (tertiary/aromatic N) is 3. The molecule has 2 aromatic carbocycles. The Labute approximate surface area is 323 Å². The number of likely N-dealkylation sites (tertiary alicyclic amines) is 1. The van der Waals surface area contributed by atoms with Gasteiger partial charge in [-0.05, 0) is 62.1 Å². The molecule has 290 valence electrons. The Morgan fingerprint density at radius 2 is 1.46 bits per heavy atom. The van der Waals surface area contributed by atoms with E-state index in [0.29, 0.717) is 61.2 Å². The Morgan fingerprint density at radius 3 is 2.11 bits per heavy atom. The van der Waals surface area contributed by atoms with Crippen LogP contribution in [0.25, 0.3) is 22.5 Å². The number of hydrogen-bond acceptors (Lipinski definition) is 10. The van der Waals surface area contributed by atoms with E-state index in [2.05, 4.69) is 57.2 Å². The fraction of sp³-hybridized carbons (Fsp3) is 0.350. The van der Waals surface area contributed by atoms with Crippen LogP contribution in [0.5, 0.6) is 23.0 Å². The molecule has 2 aromatic heterocycles. The molecule has 0 aliphatic carbocycles. The van der Waals surface area contributed by atoms with Crippen molar-refractivity contribution in [2.45, 2.75) is 63.1 Å². The highest BCUT2D eigenvalue weighted by molar-refractivity contribution is 5.87. The van der Waals surface area contributed by atoms with E-state index in [1.807, 2.05) is 36.4 Å². The monoisotopic (exact) mass is 762 g/mol. The smallest absolute Gasteiger partial charge is 0.407 e. The Hall–Kier alpha value is -6.94. The van der Waals surface area contributed by atoms with Crippen molar-refractivity contribution in [1.29, 1.82) is 0 Å². The normalized spacial score (nSPS) is 15.0. The molecular weight excluding hydrogens is 720 g/mol. The van der Waals surface area contributed by atoms with Gasteiger partial charge in [0.05, 0.1) is 44.0 Å². The maximum Gasteiger partial charge on any atom is 0.407 e. The summed E-state index contributed by atoms with van der Waals surface area (Å²) >= 11 is 0. The van der Waals surface area contributed by atoms with Crippen LogP contribution in [0.2, 0.25) is 0 Å². The van der Waals surface area contributed by atoms with Crippen LogP contribution in [-0.2, 0) is 25.5 Å². The van der Waals surface area contributed by atoms with Gasteiger partial charge in [-0.3, -0.25) is 9.59 Å². The van der Waals surface area contributed by atoms with Crippen LogP contribution in [-0.4, -0.2) is 88.2 Å². The van der Waals surface area contributed by atoms with E-state index in [4.69, 9.17) is 22.3 Å². The summed E-state index contributed by atoms with van der Waals surface area (Å²) in [5, 5.41) is 7.77. The van der Waals surface area contributed by atoms with Crippen LogP contribution in [0.4, 0.5) is 9.59 Å². The molecule has 4 heterocycles. The minimum atomic E-state index is -0.902. The summed E-state index contributed by atoms with van der Waals surface area (Å²) in [6, 6.07) is 9.18. The predicted octanol–water partition coefficient (Wildman–Crippen LogP) is 4.96. The fourth-order valence-electron chi connectivity index (χ4n) is 6.52. The summed E-state index contributed by atoms with van der Waals surface area (Å²) in [5.41, 5.74) is 3.24. The lowest BCUT2D eigenvalue weighted by Crippen LogP contribution is -2.48. The molecule has 3 unspecified atom stereocenters. The molecule has 6 rings (SSSR count). The first kappa shape index (κ1) is 38.8. The molecule has 16 nitrogen and oxygen atoms in total. The van der Waals surface area contributed by atoms with Gasteiger partial charge in [0.2, 0.25) is 11.8 Å². The third-order valence-electron chi connectivity index (χ3n) is 9.38. The zero-order valence-electron chi connectivity index (χ0n) is 31.0. The number of fused-ring (bicyclic) bond motifs is 2. The molecule has 1 fully saturated rings. The van der Waals surface area contributed by atoms with Gasteiger partial charge in [0, 0.05) is 43.5 Å². The zero-order valence-corrected chi connectivity index (χ0v) is 31.0. The number of rotatable bonds is 14. The largest absolute Gasteiger partial charge is 0.453 e. The second-order valence-corrected chi connectivity index (χ2v) is 13.1. The molecule has 2 aliphatic rings. The molecule has 0 saturated carbocycles. The average molecular weight is 763 g/mol. The van der Waals surface area contributed by atoms with Crippen molar-refractivity contribution in [3.05, 3.63) is 60.4 Å². The number of terminal acetylenes is 2. The van der Waals surface area contributed by atoms with Crippen molar-refractivity contribution in [2.24, 2.45) is 0 Å². The number of hydrogen-bond donors (Lipinski definition) is 5. The van der Waals surface area contributed by atoms with Crippen LogP contribution in [0, 0.1) is 24.7 Å². The molecule has 3 atom stereocenters. The van der Waals surface area contributed by atoms with Crippen LogP contribution in [0.1, 0.15) is 56.2 Å². The summed E-state index contributed by atoms with van der Waals surface area (Å²) in [5.74, 6) is 7.80. The number of alkyl carbamates (subject to hydrolysis) is 2. The van der Waals surface area contributed by atoms with E-state index in [1.165, 1.54) is 14.2 Å². The number of H-pyrrole nitrogens is 2. The molecule has 0 spiro atoms. The number of ether oxygens (including phenoxy) is 4. The van der Waals surface area contributed by atoms with E-state index >= 15 is 0 Å². The molecular formula is C40H42N8O8. The number of amides is 4. The molecule has 0 bridgehead atoms. The second-order valence-electron chi connectivity index (χ2n) is 13.1. The van der Waals surface area contributed by atoms with Gasteiger partial charge in [0.25, 0.3) is 0 Å². The first-order chi connectivity index (χ1) is 27.2. The average Bonchev–Trinajstić information content (AvgIpc) is 4.01. The molecule has 4 amide bonds. The quantitative estimate of drug-likeness (QED) is 0.0760. The number of imidazole rings is 2. The SMILES string of the molecule is C#CCC(NC(=O)OC)C(=O)NCCCCc1ncc(-c2ccc3c(c2)Oc2ccc(-c4cnc(C5CCCN5C(=O)C(CC#C)NC(=O)OC)[nH]4)cc2O3)[nH]1. The first-order valence-corrected chi connectivity index (χ1v) is 18.1. The van der Waals surface area contributed by atoms with Gasteiger partial charge >= 0.3 is 12.2 Å². The van der Waals surface area contributed by atoms with Gasteiger partial charge in [0.15, 0.2) is 23.0 Å². The lowest BCUT2D eigenvalue weighted by atomic mass is 10.1. The van der Waals surface area contributed by atoms with Gasteiger partial charge in [-0.15, -0.1) is 24.7 Å².